The van der Waals surface area contributed by atoms with Crippen LogP contribution in [0.25, 0.3) is 0 Å². The lowest BCUT2D eigenvalue weighted by atomic mass is 9.44. The molecule has 0 amide bonds. The van der Waals surface area contributed by atoms with Crippen LogP contribution in [0.15, 0.2) is 0 Å². The first-order valence-corrected chi connectivity index (χ1v) is 14.1. The number of hydrogen-bond donors (Lipinski definition) is 4. The molecular weight excluding hydrogens is 480 g/mol. The number of Topliss-reactive ketones (excluding diaryl/α,β-unsaturated/α-hetero) is 1. The summed E-state index contributed by atoms with van der Waals surface area (Å²) in [6.07, 6.45) is 1.18. The molecular formula is C28H44O9. The zero-order valence-electron chi connectivity index (χ0n) is 22.3. The highest BCUT2D eigenvalue weighted by Gasteiger charge is 2.61. The third kappa shape index (κ3) is 4.47. The molecule has 5 rings (SSSR count). The van der Waals surface area contributed by atoms with Gasteiger partial charge in [0, 0.05) is 5.92 Å². The van der Waals surface area contributed by atoms with Crippen molar-refractivity contribution in [3.8, 4) is 0 Å². The average molecular weight is 525 g/mol. The van der Waals surface area contributed by atoms with Gasteiger partial charge in [-0.2, -0.15) is 0 Å². The third-order valence-electron chi connectivity index (χ3n) is 11.4. The van der Waals surface area contributed by atoms with Gasteiger partial charge < -0.3 is 34.6 Å². The van der Waals surface area contributed by atoms with Crippen LogP contribution in [0.4, 0.5) is 0 Å². The van der Waals surface area contributed by atoms with Gasteiger partial charge in [-0.05, 0) is 92.3 Å². The van der Waals surface area contributed by atoms with E-state index < -0.39 is 36.7 Å². The quantitative estimate of drug-likeness (QED) is 0.394. The number of aliphatic hydroxyl groups excluding tert-OH is 4. The maximum atomic E-state index is 13.5. The van der Waals surface area contributed by atoms with Crippen molar-refractivity contribution >= 4 is 11.8 Å². The Morgan fingerprint density at radius 2 is 1.57 bits per heavy atom. The Hall–Kier alpha value is -1.10. The van der Waals surface area contributed by atoms with Gasteiger partial charge in [0.2, 0.25) is 0 Å². The topological polar surface area (TPSA) is 143 Å². The number of ether oxygens (including phenoxy) is 3. The Balaban J connectivity index is 1.24. The zero-order chi connectivity index (χ0) is 26.7. The first-order chi connectivity index (χ1) is 17.5. The van der Waals surface area contributed by atoms with E-state index in [1.807, 2.05) is 0 Å². The number of aliphatic hydroxyl groups is 4. The molecule has 210 valence electrons. The van der Waals surface area contributed by atoms with Gasteiger partial charge in [0.15, 0.2) is 18.2 Å². The molecule has 0 aromatic heterocycles. The highest BCUT2D eigenvalue weighted by atomic mass is 16.7. The number of methoxy groups -OCH3 is 1. The molecule has 9 heteroatoms. The van der Waals surface area contributed by atoms with Crippen LogP contribution in [-0.4, -0.2) is 82.7 Å². The lowest BCUT2D eigenvalue weighted by Crippen LogP contribution is -2.60. The van der Waals surface area contributed by atoms with Gasteiger partial charge in [-0.25, -0.2) is 4.79 Å². The second-order valence-corrected chi connectivity index (χ2v) is 13.0. The molecule has 0 spiro atoms. The number of hydrogen-bond acceptors (Lipinski definition) is 9. The monoisotopic (exact) mass is 524 g/mol. The molecule has 5 fully saturated rings. The van der Waals surface area contributed by atoms with E-state index in [1.165, 1.54) is 6.42 Å². The summed E-state index contributed by atoms with van der Waals surface area (Å²) in [5.74, 6) is 1.25. The van der Waals surface area contributed by atoms with Crippen molar-refractivity contribution in [3.05, 3.63) is 0 Å². The molecule has 0 unspecified atom stereocenters. The molecule has 1 aliphatic heterocycles. The normalized spacial score (nSPS) is 51.5. The molecule has 4 aliphatic carbocycles. The van der Waals surface area contributed by atoms with Crippen LogP contribution in [-0.2, 0) is 23.8 Å². The average Bonchev–Trinajstić information content (AvgIpc) is 3.24. The van der Waals surface area contributed by atoms with E-state index in [1.54, 1.807) is 0 Å². The van der Waals surface area contributed by atoms with E-state index >= 15 is 0 Å². The molecule has 9 nitrogen and oxygen atoms in total. The van der Waals surface area contributed by atoms with Crippen molar-refractivity contribution < 1.29 is 44.2 Å². The lowest BCUT2D eigenvalue weighted by molar-refractivity contribution is -0.293. The summed E-state index contributed by atoms with van der Waals surface area (Å²) in [5.41, 5.74) is 0.181. The van der Waals surface area contributed by atoms with Crippen LogP contribution >= 0.6 is 0 Å². The van der Waals surface area contributed by atoms with Gasteiger partial charge >= 0.3 is 5.97 Å². The molecule has 0 aromatic carbocycles. The second-order valence-electron chi connectivity index (χ2n) is 13.0. The maximum Gasteiger partial charge on any atom is 0.337 e. The summed E-state index contributed by atoms with van der Waals surface area (Å²) in [4.78, 5) is 25.4. The predicted octanol–water partition coefficient (Wildman–Crippen LogP) is 1.57. The molecule has 1 heterocycles. The smallest absolute Gasteiger partial charge is 0.337 e. The number of esters is 1. The van der Waals surface area contributed by atoms with Crippen LogP contribution in [0.2, 0.25) is 0 Å². The largest absolute Gasteiger partial charge is 0.467 e. The minimum atomic E-state index is -1.67. The standard InChI is InChI=1S/C28H44O9/c1-27-10-8-15(29)12-14(27)4-5-16-17-6-7-19(28(17,2)11-9-18(16)27)20(30)13-36-26-23(33)21(31)22(32)24(37-26)25(34)35-3/h14-19,21-24,26,29,31-33H,4-13H2,1-3H3/t14-,15+,16-,17-,18-,19+,21+,22+,23-,24+,26-,27-,28-/m0/s1. The van der Waals surface area contributed by atoms with Crippen LogP contribution < -0.4 is 0 Å². The van der Waals surface area contributed by atoms with Crippen LogP contribution in [0, 0.1) is 40.4 Å². The summed E-state index contributed by atoms with van der Waals surface area (Å²) < 4.78 is 15.6. The number of ketones is 1. The first kappa shape index (κ1) is 27.5. The molecule has 0 bridgehead atoms. The second kappa shape index (κ2) is 10.1. The van der Waals surface area contributed by atoms with Crippen molar-refractivity contribution in [1.82, 2.24) is 0 Å². The number of fused-ring (bicyclic) bond motifs is 5. The van der Waals surface area contributed by atoms with Crippen molar-refractivity contribution in [2.24, 2.45) is 40.4 Å². The highest BCUT2D eigenvalue weighted by Crippen LogP contribution is 2.67. The van der Waals surface area contributed by atoms with E-state index in [-0.39, 0.29) is 35.2 Å². The Morgan fingerprint density at radius 1 is 0.865 bits per heavy atom. The third-order valence-corrected chi connectivity index (χ3v) is 11.4. The summed E-state index contributed by atoms with van der Waals surface area (Å²) in [5, 5.41) is 40.8. The Morgan fingerprint density at radius 3 is 2.30 bits per heavy atom. The lowest BCUT2D eigenvalue weighted by Gasteiger charge is -2.60. The van der Waals surface area contributed by atoms with Gasteiger partial charge in [-0.3, -0.25) is 4.79 Å². The van der Waals surface area contributed by atoms with E-state index in [0.717, 1.165) is 58.5 Å². The molecule has 4 N–H and O–H groups in total. The van der Waals surface area contributed by atoms with Crippen LogP contribution in [0.1, 0.15) is 71.6 Å². The number of carbonyl (C=O) groups is 2. The zero-order valence-corrected chi connectivity index (χ0v) is 22.3. The summed E-state index contributed by atoms with van der Waals surface area (Å²) >= 11 is 0. The Kier molecular flexibility index (Phi) is 7.53. The minimum absolute atomic E-state index is 0.0461. The molecule has 5 aliphatic rings. The number of rotatable bonds is 5. The molecule has 13 atom stereocenters. The van der Waals surface area contributed by atoms with Gasteiger partial charge in [0.05, 0.1) is 13.2 Å². The number of carbonyl (C=O) groups excluding carboxylic acids is 2. The van der Waals surface area contributed by atoms with Gasteiger partial charge in [-0.1, -0.05) is 13.8 Å². The van der Waals surface area contributed by atoms with Crippen molar-refractivity contribution in [2.45, 2.75) is 108 Å². The highest BCUT2D eigenvalue weighted by molar-refractivity contribution is 5.83. The van der Waals surface area contributed by atoms with Gasteiger partial charge in [0.25, 0.3) is 0 Å². The maximum absolute atomic E-state index is 13.5. The fourth-order valence-electron chi connectivity index (χ4n) is 9.33. The van der Waals surface area contributed by atoms with E-state index in [2.05, 4.69) is 18.6 Å². The first-order valence-electron chi connectivity index (χ1n) is 14.1. The van der Waals surface area contributed by atoms with Gasteiger partial charge in [0.1, 0.15) is 24.9 Å². The Bertz CT molecular complexity index is 880. The summed E-state index contributed by atoms with van der Waals surface area (Å²) in [6.45, 7) is 4.43. The van der Waals surface area contributed by atoms with E-state index in [4.69, 9.17) is 9.47 Å². The minimum Gasteiger partial charge on any atom is -0.467 e. The molecule has 4 saturated carbocycles. The SMILES string of the molecule is COC(=O)[C@@H]1O[C@H](OCC(=O)[C@H]2CC[C@H]3[C@@H]4CC[C@H]5C[C@H](O)CC[C@]5(C)[C@H]4CC[C@]23C)[C@@H](O)[C@H](O)[C@H]1O. The fraction of sp³-hybridized carbons (Fsp3) is 0.929. The Labute approximate surface area is 218 Å². The van der Waals surface area contributed by atoms with Crippen LogP contribution in [0.5, 0.6) is 0 Å². The molecule has 37 heavy (non-hydrogen) atoms. The summed E-state index contributed by atoms with van der Waals surface area (Å²) in [7, 11) is 1.13. The van der Waals surface area contributed by atoms with Gasteiger partial charge in [-0.15, -0.1) is 0 Å². The summed E-state index contributed by atoms with van der Waals surface area (Å²) in [6, 6.07) is 0. The van der Waals surface area contributed by atoms with E-state index in [9.17, 15) is 30.0 Å². The molecule has 1 saturated heterocycles. The predicted molar refractivity (Wildman–Crippen MR) is 131 cm³/mol. The fourth-order valence-corrected chi connectivity index (χ4v) is 9.33. The molecule has 0 aromatic rings. The van der Waals surface area contributed by atoms with Crippen molar-refractivity contribution in [1.29, 1.82) is 0 Å². The van der Waals surface area contributed by atoms with E-state index in [0.29, 0.717) is 23.7 Å². The van der Waals surface area contributed by atoms with Crippen molar-refractivity contribution in [3.63, 3.8) is 0 Å². The molecule has 0 radical (unpaired) electrons. The van der Waals surface area contributed by atoms with Crippen molar-refractivity contribution in [2.75, 3.05) is 13.7 Å². The van der Waals surface area contributed by atoms with Crippen LogP contribution in [0.3, 0.4) is 0 Å².